The van der Waals surface area contributed by atoms with Gasteiger partial charge in [0.1, 0.15) is 17.0 Å². The number of benzene rings is 3. The van der Waals surface area contributed by atoms with Crippen molar-refractivity contribution in [2.75, 3.05) is 19.5 Å². The molecular formula is C35H41N3O4. The van der Waals surface area contributed by atoms with E-state index in [2.05, 4.69) is 49.3 Å². The number of carbonyl (C=O) groups is 2. The molecular weight excluding hydrogens is 526 g/mol. The molecule has 0 aliphatic heterocycles. The summed E-state index contributed by atoms with van der Waals surface area (Å²) in [4.78, 5) is 33.4. The molecule has 1 heterocycles. The molecule has 0 radical (unpaired) electrons. The van der Waals surface area contributed by atoms with Crippen molar-refractivity contribution in [3.05, 3.63) is 89.6 Å². The van der Waals surface area contributed by atoms with Crippen molar-refractivity contribution in [2.45, 2.75) is 59.0 Å². The lowest BCUT2D eigenvalue weighted by Crippen LogP contribution is -2.54. The average molecular weight is 568 g/mol. The molecule has 2 N–H and O–H groups in total. The van der Waals surface area contributed by atoms with Gasteiger partial charge in [-0.05, 0) is 67.3 Å². The third kappa shape index (κ3) is 5.36. The maximum atomic E-state index is 14.3. The van der Waals surface area contributed by atoms with E-state index in [1.807, 2.05) is 36.4 Å². The first-order valence-electron chi connectivity index (χ1n) is 14.4. The van der Waals surface area contributed by atoms with Crippen molar-refractivity contribution < 1.29 is 19.1 Å². The van der Waals surface area contributed by atoms with Crippen LogP contribution in [0.3, 0.4) is 0 Å². The second kappa shape index (κ2) is 11.2. The molecule has 220 valence electrons. The summed E-state index contributed by atoms with van der Waals surface area (Å²) >= 11 is 0. The van der Waals surface area contributed by atoms with Crippen molar-refractivity contribution in [1.29, 1.82) is 0 Å². The predicted molar refractivity (Wildman–Crippen MR) is 167 cm³/mol. The summed E-state index contributed by atoms with van der Waals surface area (Å²) in [6.07, 6.45) is 0.353. The zero-order chi connectivity index (χ0) is 30.2. The molecule has 1 aliphatic rings. The number of aryl methyl sites for hydroxylation is 1. The first-order valence-corrected chi connectivity index (χ1v) is 14.4. The fourth-order valence-electron chi connectivity index (χ4n) is 6.36. The Balaban J connectivity index is 1.42. The van der Waals surface area contributed by atoms with Crippen LogP contribution in [0.4, 0.5) is 5.69 Å². The average Bonchev–Trinajstić information content (AvgIpc) is 3.32. The SMILES string of the molecule is COc1ccc(NC(=O)C(C)(C)N(Cc2ccccc2)C(=O)C[C@@H]2[C@H](c3c(C)[nH]c4ccccc34)C2(C)C)c(OC)c1. The van der Waals surface area contributed by atoms with Crippen molar-refractivity contribution in [3.8, 4) is 11.5 Å². The van der Waals surface area contributed by atoms with Gasteiger partial charge in [0.2, 0.25) is 11.8 Å². The Hall–Kier alpha value is -4.26. The van der Waals surface area contributed by atoms with E-state index in [-0.39, 0.29) is 29.1 Å². The van der Waals surface area contributed by atoms with Gasteiger partial charge in [-0.2, -0.15) is 0 Å². The van der Waals surface area contributed by atoms with E-state index in [4.69, 9.17) is 9.47 Å². The summed E-state index contributed by atoms with van der Waals surface area (Å²) in [5, 5.41) is 4.22. The molecule has 0 spiro atoms. The monoisotopic (exact) mass is 567 g/mol. The minimum absolute atomic E-state index is 0.0428. The number of carbonyl (C=O) groups excluding carboxylic acids is 2. The minimum Gasteiger partial charge on any atom is -0.497 e. The molecule has 1 fully saturated rings. The van der Waals surface area contributed by atoms with E-state index >= 15 is 0 Å². The second-order valence-electron chi connectivity index (χ2n) is 12.4. The van der Waals surface area contributed by atoms with Gasteiger partial charge in [-0.15, -0.1) is 0 Å². The zero-order valence-electron chi connectivity index (χ0n) is 25.6. The topological polar surface area (TPSA) is 83.7 Å². The van der Waals surface area contributed by atoms with Crippen LogP contribution in [0.2, 0.25) is 0 Å². The summed E-state index contributed by atoms with van der Waals surface area (Å²) < 4.78 is 10.8. The van der Waals surface area contributed by atoms with Gasteiger partial charge in [-0.3, -0.25) is 9.59 Å². The van der Waals surface area contributed by atoms with Gasteiger partial charge in [0.05, 0.1) is 19.9 Å². The summed E-state index contributed by atoms with van der Waals surface area (Å²) in [7, 11) is 3.12. The molecule has 5 rings (SSSR count). The second-order valence-corrected chi connectivity index (χ2v) is 12.4. The molecule has 2 atom stereocenters. The summed E-state index contributed by atoms with van der Waals surface area (Å²) in [5.41, 5.74) is 3.85. The number of hydrogen-bond acceptors (Lipinski definition) is 4. The van der Waals surface area contributed by atoms with Gasteiger partial charge in [-0.1, -0.05) is 62.4 Å². The number of H-pyrrole nitrogens is 1. The molecule has 7 heteroatoms. The van der Waals surface area contributed by atoms with Gasteiger partial charge in [0, 0.05) is 35.6 Å². The lowest BCUT2D eigenvalue weighted by atomic mass is 9.97. The molecule has 0 bridgehead atoms. The number of fused-ring (bicyclic) bond motifs is 1. The van der Waals surface area contributed by atoms with Gasteiger partial charge in [0.15, 0.2) is 0 Å². The lowest BCUT2D eigenvalue weighted by molar-refractivity contribution is -0.145. The largest absolute Gasteiger partial charge is 0.497 e. The molecule has 0 unspecified atom stereocenters. The van der Waals surface area contributed by atoms with Crippen molar-refractivity contribution in [3.63, 3.8) is 0 Å². The van der Waals surface area contributed by atoms with Crippen LogP contribution in [0.5, 0.6) is 11.5 Å². The Morgan fingerprint density at radius 3 is 2.36 bits per heavy atom. The smallest absolute Gasteiger partial charge is 0.249 e. The van der Waals surface area contributed by atoms with E-state index in [0.717, 1.165) is 16.8 Å². The fraction of sp³-hybridized carbons (Fsp3) is 0.371. The quantitative estimate of drug-likeness (QED) is 0.215. The summed E-state index contributed by atoms with van der Waals surface area (Å²) in [5.74, 6) is 1.17. The van der Waals surface area contributed by atoms with Crippen LogP contribution >= 0.6 is 0 Å². The van der Waals surface area contributed by atoms with Gasteiger partial charge in [0.25, 0.3) is 0 Å². The first kappa shape index (κ1) is 29.2. The third-order valence-electron chi connectivity index (χ3n) is 9.07. The Labute approximate surface area is 248 Å². The molecule has 2 amide bonds. The fourth-order valence-corrected chi connectivity index (χ4v) is 6.36. The van der Waals surface area contributed by atoms with E-state index in [9.17, 15) is 9.59 Å². The Bertz CT molecular complexity index is 1610. The van der Waals surface area contributed by atoms with Gasteiger partial charge >= 0.3 is 0 Å². The molecule has 42 heavy (non-hydrogen) atoms. The molecule has 0 saturated heterocycles. The number of methoxy groups -OCH3 is 2. The number of nitrogens with zero attached hydrogens (tertiary/aromatic N) is 1. The molecule has 1 saturated carbocycles. The third-order valence-corrected chi connectivity index (χ3v) is 9.07. The Morgan fingerprint density at radius 1 is 0.976 bits per heavy atom. The molecule has 1 aromatic heterocycles. The standard InChI is InChI=1S/C35H41N3O4/c1-22-31(25-15-11-12-16-27(25)36-22)32-26(34(32,2)3)20-30(39)38(21-23-13-9-8-10-14-23)35(4,5)33(40)37-28-18-17-24(41-6)19-29(28)42-7/h8-19,26,32,36H,20-21H2,1-7H3,(H,37,40)/t26-,32-/m1/s1. The number of aromatic nitrogens is 1. The van der Waals surface area contributed by atoms with Crippen LogP contribution < -0.4 is 14.8 Å². The van der Waals surface area contributed by atoms with Crippen LogP contribution in [0.1, 0.15) is 56.9 Å². The molecule has 4 aromatic rings. The van der Waals surface area contributed by atoms with E-state index in [0.29, 0.717) is 30.2 Å². The maximum absolute atomic E-state index is 14.3. The minimum atomic E-state index is -1.15. The highest BCUT2D eigenvalue weighted by molar-refractivity contribution is 6.01. The Kier molecular flexibility index (Phi) is 7.80. The summed E-state index contributed by atoms with van der Waals surface area (Å²) in [6.45, 7) is 10.5. The van der Waals surface area contributed by atoms with Gasteiger partial charge in [-0.25, -0.2) is 0 Å². The van der Waals surface area contributed by atoms with Crippen molar-refractivity contribution in [1.82, 2.24) is 9.88 Å². The lowest BCUT2D eigenvalue weighted by Gasteiger charge is -2.38. The highest BCUT2D eigenvalue weighted by atomic mass is 16.5. The molecule has 3 aromatic carbocycles. The first-order chi connectivity index (χ1) is 20.0. The number of ether oxygens (including phenoxy) is 2. The normalized spacial score (nSPS) is 17.5. The number of aromatic amines is 1. The van der Waals surface area contributed by atoms with Crippen molar-refractivity contribution in [2.24, 2.45) is 11.3 Å². The van der Waals surface area contributed by atoms with Crippen LogP contribution in [0.15, 0.2) is 72.8 Å². The number of para-hydroxylation sites is 1. The van der Waals surface area contributed by atoms with E-state index in [1.165, 1.54) is 10.9 Å². The van der Waals surface area contributed by atoms with Gasteiger partial charge < -0.3 is 24.7 Å². The number of anilines is 1. The number of amides is 2. The van der Waals surface area contributed by atoms with Crippen LogP contribution in [-0.4, -0.2) is 41.5 Å². The predicted octanol–water partition coefficient (Wildman–Crippen LogP) is 7.07. The number of rotatable bonds is 10. The highest BCUT2D eigenvalue weighted by Crippen LogP contribution is 2.67. The van der Waals surface area contributed by atoms with Crippen LogP contribution in [0.25, 0.3) is 10.9 Å². The maximum Gasteiger partial charge on any atom is 0.249 e. The van der Waals surface area contributed by atoms with E-state index < -0.39 is 5.54 Å². The summed E-state index contributed by atoms with van der Waals surface area (Å²) in [6, 6.07) is 23.4. The van der Waals surface area contributed by atoms with Crippen LogP contribution in [-0.2, 0) is 16.1 Å². The Morgan fingerprint density at radius 2 is 1.67 bits per heavy atom. The van der Waals surface area contributed by atoms with Crippen molar-refractivity contribution >= 4 is 28.4 Å². The number of nitrogens with one attached hydrogen (secondary N) is 2. The zero-order valence-corrected chi connectivity index (χ0v) is 25.6. The molecule has 1 aliphatic carbocycles. The number of hydrogen-bond donors (Lipinski definition) is 2. The van der Waals surface area contributed by atoms with E-state index in [1.54, 1.807) is 51.2 Å². The molecule has 7 nitrogen and oxygen atoms in total. The van der Waals surface area contributed by atoms with Crippen LogP contribution in [0, 0.1) is 18.3 Å². The highest BCUT2D eigenvalue weighted by Gasteiger charge is 2.60.